The van der Waals surface area contributed by atoms with Gasteiger partial charge < -0.3 is 19.7 Å². The van der Waals surface area contributed by atoms with Crippen molar-refractivity contribution in [1.29, 1.82) is 0 Å². The molecule has 2 amide bonds. The van der Waals surface area contributed by atoms with Gasteiger partial charge in [0.05, 0.1) is 20.6 Å². The minimum absolute atomic E-state index is 0.0148. The lowest BCUT2D eigenvalue weighted by molar-refractivity contribution is -0.120. The summed E-state index contributed by atoms with van der Waals surface area (Å²) >= 11 is 0. The highest BCUT2D eigenvalue weighted by Gasteiger charge is 2.14. The highest BCUT2D eigenvalue weighted by atomic mass is 16.5. The maximum atomic E-state index is 12.3. The Morgan fingerprint density at radius 3 is 2.14 bits per heavy atom. The fourth-order valence-electron chi connectivity index (χ4n) is 2.64. The second-order valence-corrected chi connectivity index (χ2v) is 6.85. The molecule has 0 fully saturated rings. The summed E-state index contributed by atoms with van der Waals surface area (Å²) in [6.07, 6.45) is 0.246. The van der Waals surface area contributed by atoms with E-state index >= 15 is 0 Å². The largest absolute Gasteiger partial charge is 0.493 e. The molecule has 0 bridgehead atoms. The fourth-order valence-corrected chi connectivity index (χ4v) is 2.64. The number of hydrogen-bond acceptors (Lipinski definition) is 4. The predicted octanol–water partition coefficient (Wildman–Crippen LogP) is 3.04. The van der Waals surface area contributed by atoms with Crippen molar-refractivity contribution in [2.45, 2.75) is 32.9 Å². The van der Waals surface area contributed by atoms with Gasteiger partial charge in [-0.25, -0.2) is 0 Å². The van der Waals surface area contributed by atoms with Crippen LogP contribution in [0.3, 0.4) is 0 Å². The zero-order valence-electron chi connectivity index (χ0n) is 17.1. The molecular weight excluding hydrogens is 356 g/mol. The van der Waals surface area contributed by atoms with E-state index in [1.807, 2.05) is 32.0 Å². The van der Waals surface area contributed by atoms with E-state index in [-0.39, 0.29) is 24.3 Å². The molecule has 2 aromatic carbocycles. The number of nitrogens with zero attached hydrogens (tertiary/aromatic N) is 1. The normalized spacial score (nSPS) is 10.5. The Balaban J connectivity index is 1.91. The number of carbonyl (C=O) groups is 2. The molecule has 1 N–H and O–H groups in total. The zero-order chi connectivity index (χ0) is 20.7. The van der Waals surface area contributed by atoms with E-state index < -0.39 is 0 Å². The molecule has 0 atom stereocenters. The van der Waals surface area contributed by atoms with Crippen LogP contribution in [0.2, 0.25) is 0 Å². The average Bonchev–Trinajstić information content (AvgIpc) is 2.71. The van der Waals surface area contributed by atoms with Crippen LogP contribution in [0, 0.1) is 0 Å². The van der Waals surface area contributed by atoms with E-state index in [2.05, 4.69) is 5.32 Å². The fraction of sp³-hybridized carbons (Fsp3) is 0.364. The van der Waals surface area contributed by atoms with E-state index in [0.717, 1.165) is 11.1 Å². The quantitative estimate of drug-likeness (QED) is 0.760. The Kier molecular flexibility index (Phi) is 7.44. The van der Waals surface area contributed by atoms with Crippen molar-refractivity contribution in [2.24, 2.45) is 0 Å². The van der Waals surface area contributed by atoms with Crippen molar-refractivity contribution in [3.05, 3.63) is 59.2 Å². The first-order valence-electron chi connectivity index (χ1n) is 9.19. The van der Waals surface area contributed by atoms with Crippen molar-refractivity contribution >= 4 is 11.8 Å². The highest BCUT2D eigenvalue weighted by Crippen LogP contribution is 2.27. The lowest BCUT2D eigenvalue weighted by atomic mass is 10.1. The van der Waals surface area contributed by atoms with Crippen LogP contribution in [0.15, 0.2) is 42.5 Å². The topological polar surface area (TPSA) is 67.9 Å². The maximum absolute atomic E-state index is 12.3. The second-order valence-electron chi connectivity index (χ2n) is 6.85. The van der Waals surface area contributed by atoms with Gasteiger partial charge in [-0.2, -0.15) is 0 Å². The maximum Gasteiger partial charge on any atom is 0.253 e. The van der Waals surface area contributed by atoms with Crippen molar-refractivity contribution in [2.75, 3.05) is 21.3 Å². The number of rotatable bonds is 8. The van der Waals surface area contributed by atoms with Gasteiger partial charge >= 0.3 is 0 Å². The van der Waals surface area contributed by atoms with Crippen molar-refractivity contribution in [3.63, 3.8) is 0 Å². The Hall–Kier alpha value is -3.02. The average molecular weight is 384 g/mol. The van der Waals surface area contributed by atoms with E-state index in [0.29, 0.717) is 23.6 Å². The van der Waals surface area contributed by atoms with Gasteiger partial charge in [0.2, 0.25) is 5.91 Å². The minimum Gasteiger partial charge on any atom is -0.493 e. The van der Waals surface area contributed by atoms with Crippen LogP contribution in [0.1, 0.15) is 35.3 Å². The third-order valence-corrected chi connectivity index (χ3v) is 4.60. The van der Waals surface area contributed by atoms with E-state index in [9.17, 15) is 9.59 Å². The molecule has 2 rings (SSSR count). The summed E-state index contributed by atoms with van der Waals surface area (Å²) in [5.74, 6) is 1.12. The molecule has 150 valence electrons. The summed E-state index contributed by atoms with van der Waals surface area (Å²) in [6.45, 7) is 4.35. The molecule has 0 aromatic heterocycles. The molecule has 0 saturated carbocycles. The van der Waals surface area contributed by atoms with Crippen LogP contribution in [0.4, 0.5) is 0 Å². The molecule has 28 heavy (non-hydrogen) atoms. The number of methoxy groups -OCH3 is 2. The number of nitrogens with one attached hydrogen (secondary N) is 1. The Bertz CT molecular complexity index is 816. The third-order valence-electron chi connectivity index (χ3n) is 4.60. The Morgan fingerprint density at radius 1 is 0.964 bits per heavy atom. The number of amides is 2. The smallest absolute Gasteiger partial charge is 0.253 e. The van der Waals surface area contributed by atoms with Gasteiger partial charge in [-0.1, -0.05) is 18.2 Å². The molecule has 2 aromatic rings. The van der Waals surface area contributed by atoms with Gasteiger partial charge in [0, 0.05) is 25.2 Å². The van der Waals surface area contributed by atoms with Gasteiger partial charge in [-0.15, -0.1) is 0 Å². The summed E-state index contributed by atoms with van der Waals surface area (Å²) in [7, 11) is 4.92. The Labute approximate surface area is 166 Å². The van der Waals surface area contributed by atoms with Gasteiger partial charge in [-0.05, 0) is 49.2 Å². The lowest BCUT2D eigenvalue weighted by Crippen LogP contribution is -2.32. The number of hydrogen-bond donors (Lipinski definition) is 1. The number of ether oxygens (including phenoxy) is 2. The summed E-state index contributed by atoms with van der Waals surface area (Å²) in [5.41, 5.74) is 2.41. The van der Waals surface area contributed by atoms with Gasteiger partial charge in [-0.3, -0.25) is 9.59 Å². The van der Waals surface area contributed by atoms with Crippen LogP contribution in [-0.4, -0.2) is 44.0 Å². The first-order chi connectivity index (χ1) is 13.3. The minimum atomic E-state index is -0.0908. The molecule has 0 aliphatic rings. The van der Waals surface area contributed by atoms with Crippen molar-refractivity contribution in [3.8, 4) is 11.5 Å². The predicted molar refractivity (Wildman–Crippen MR) is 109 cm³/mol. The van der Waals surface area contributed by atoms with Crippen LogP contribution in [0.5, 0.6) is 11.5 Å². The van der Waals surface area contributed by atoms with E-state index in [1.54, 1.807) is 50.4 Å². The monoisotopic (exact) mass is 384 g/mol. The van der Waals surface area contributed by atoms with Crippen LogP contribution < -0.4 is 14.8 Å². The number of benzene rings is 2. The van der Waals surface area contributed by atoms with E-state index in [1.165, 1.54) is 0 Å². The molecule has 0 spiro atoms. The van der Waals surface area contributed by atoms with Gasteiger partial charge in [0.25, 0.3) is 5.91 Å². The van der Waals surface area contributed by atoms with Crippen LogP contribution >= 0.6 is 0 Å². The summed E-state index contributed by atoms with van der Waals surface area (Å²) < 4.78 is 10.5. The SMILES string of the molecule is COc1ccc(CC(=O)NCc2ccc(C(=O)N(C)C(C)C)cc2)cc1OC. The molecule has 0 radical (unpaired) electrons. The first kappa shape index (κ1) is 21.3. The molecular formula is C22H28N2O4. The molecule has 0 aliphatic heterocycles. The van der Waals surface area contributed by atoms with Crippen molar-refractivity contribution in [1.82, 2.24) is 10.2 Å². The molecule has 6 nitrogen and oxygen atoms in total. The standard InChI is InChI=1S/C22H28N2O4/c1-15(2)24(3)22(26)18-9-6-16(7-10-18)14-23-21(25)13-17-8-11-19(27-4)20(12-17)28-5/h6-12,15H,13-14H2,1-5H3,(H,23,25). The third kappa shape index (κ3) is 5.49. The molecule has 0 aliphatic carbocycles. The molecule has 6 heteroatoms. The molecule has 0 unspecified atom stereocenters. The summed E-state index contributed by atoms with van der Waals surface area (Å²) in [4.78, 5) is 26.2. The second kappa shape index (κ2) is 9.78. The lowest BCUT2D eigenvalue weighted by Gasteiger charge is -2.21. The molecule has 0 saturated heterocycles. The summed E-state index contributed by atoms with van der Waals surface area (Å²) in [5, 5.41) is 2.90. The molecule has 0 heterocycles. The van der Waals surface area contributed by atoms with Crippen LogP contribution in [-0.2, 0) is 17.8 Å². The summed E-state index contributed by atoms with van der Waals surface area (Å²) in [6, 6.07) is 12.9. The van der Waals surface area contributed by atoms with Gasteiger partial charge in [0.15, 0.2) is 11.5 Å². The Morgan fingerprint density at radius 2 is 1.57 bits per heavy atom. The number of carbonyl (C=O) groups excluding carboxylic acids is 2. The van der Waals surface area contributed by atoms with Crippen molar-refractivity contribution < 1.29 is 19.1 Å². The highest BCUT2D eigenvalue weighted by molar-refractivity contribution is 5.94. The van der Waals surface area contributed by atoms with Crippen LogP contribution in [0.25, 0.3) is 0 Å². The van der Waals surface area contributed by atoms with Gasteiger partial charge in [0.1, 0.15) is 0 Å². The first-order valence-corrected chi connectivity index (χ1v) is 9.19. The van der Waals surface area contributed by atoms with E-state index in [4.69, 9.17) is 9.47 Å². The zero-order valence-corrected chi connectivity index (χ0v) is 17.1.